The van der Waals surface area contributed by atoms with Gasteiger partial charge in [-0.15, -0.1) is 11.3 Å². The van der Waals surface area contributed by atoms with Crippen LogP contribution in [0, 0.1) is 6.92 Å². The number of amides is 1. The topological polar surface area (TPSA) is 89.3 Å². The average Bonchev–Trinajstić information content (AvgIpc) is 2.52. The van der Waals surface area contributed by atoms with E-state index in [1.54, 1.807) is 6.07 Å². The van der Waals surface area contributed by atoms with Crippen molar-refractivity contribution in [1.29, 1.82) is 0 Å². The lowest BCUT2D eigenvalue weighted by molar-refractivity contribution is 0.0957. The molecule has 0 aliphatic rings. The Bertz CT molecular complexity index is 491. The molecule has 1 amide bonds. The van der Waals surface area contributed by atoms with E-state index in [1.807, 2.05) is 6.92 Å². The molecule has 0 aromatic carbocycles. The summed E-state index contributed by atoms with van der Waals surface area (Å²) in [5.41, 5.74) is 1.00. The third-order valence-corrected chi connectivity index (χ3v) is 4.97. The molecule has 5 nitrogen and oxygen atoms in total. The first-order valence-electron chi connectivity index (χ1n) is 4.84. The van der Waals surface area contributed by atoms with Crippen molar-refractivity contribution in [2.45, 2.75) is 13.3 Å². The summed E-state index contributed by atoms with van der Waals surface area (Å²) < 4.78 is 22.2. The third-order valence-electron chi connectivity index (χ3n) is 1.97. The maximum Gasteiger partial charge on any atom is 0.261 e. The number of halogens is 1. The van der Waals surface area contributed by atoms with Gasteiger partial charge in [0.25, 0.3) is 5.91 Å². The van der Waals surface area contributed by atoms with Crippen LogP contribution >= 0.6 is 27.3 Å². The fourth-order valence-corrected chi connectivity index (χ4v) is 3.13. The summed E-state index contributed by atoms with van der Waals surface area (Å²) in [7, 11) is -3.45. The molecule has 1 aromatic heterocycles. The van der Waals surface area contributed by atoms with Gasteiger partial charge in [0.2, 0.25) is 10.0 Å². The zero-order valence-corrected chi connectivity index (χ0v) is 12.4. The van der Waals surface area contributed by atoms with Gasteiger partial charge in [-0.2, -0.15) is 0 Å². The van der Waals surface area contributed by atoms with E-state index in [0.29, 0.717) is 17.8 Å². The average molecular weight is 341 g/mol. The molecule has 3 N–H and O–H groups in total. The van der Waals surface area contributed by atoms with Gasteiger partial charge in [0, 0.05) is 6.54 Å². The van der Waals surface area contributed by atoms with E-state index in [1.165, 1.54) is 11.3 Å². The minimum atomic E-state index is -3.45. The highest BCUT2D eigenvalue weighted by Crippen LogP contribution is 2.27. The van der Waals surface area contributed by atoms with Gasteiger partial charge in [0.1, 0.15) is 0 Å². The Morgan fingerprint density at radius 3 is 2.71 bits per heavy atom. The van der Waals surface area contributed by atoms with Crippen LogP contribution in [0.1, 0.15) is 21.7 Å². The second kappa shape index (κ2) is 5.94. The normalized spacial score (nSPS) is 11.5. The number of rotatable bonds is 5. The molecule has 0 aliphatic heterocycles. The van der Waals surface area contributed by atoms with E-state index < -0.39 is 10.0 Å². The number of hydrogen-bond acceptors (Lipinski definition) is 4. The summed E-state index contributed by atoms with van der Waals surface area (Å²) in [4.78, 5) is 12.2. The first-order chi connectivity index (χ1) is 7.79. The molecule has 0 saturated heterocycles. The van der Waals surface area contributed by atoms with Crippen molar-refractivity contribution in [3.8, 4) is 0 Å². The molecule has 8 heteroatoms. The first kappa shape index (κ1) is 14.6. The highest BCUT2D eigenvalue weighted by atomic mass is 79.9. The number of primary sulfonamides is 1. The van der Waals surface area contributed by atoms with Gasteiger partial charge >= 0.3 is 0 Å². The summed E-state index contributed by atoms with van der Waals surface area (Å²) >= 11 is 4.68. The Hall–Kier alpha value is -0.440. The number of sulfonamides is 1. The maximum absolute atomic E-state index is 11.6. The number of nitrogens with two attached hydrogens (primary N) is 1. The molecule has 96 valence electrons. The Morgan fingerprint density at radius 1 is 1.59 bits per heavy atom. The molecule has 1 aromatic rings. The monoisotopic (exact) mass is 340 g/mol. The summed E-state index contributed by atoms with van der Waals surface area (Å²) in [6, 6.07) is 1.78. The van der Waals surface area contributed by atoms with Gasteiger partial charge in [-0.25, -0.2) is 13.6 Å². The van der Waals surface area contributed by atoms with Crippen molar-refractivity contribution >= 4 is 43.2 Å². The van der Waals surface area contributed by atoms with Gasteiger partial charge in [0.15, 0.2) is 0 Å². The summed E-state index contributed by atoms with van der Waals surface area (Å²) in [6.45, 7) is 2.20. The van der Waals surface area contributed by atoms with Crippen LogP contribution in [0.25, 0.3) is 0 Å². The Labute approximate surface area is 113 Å². The number of carbonyl (C=O) groups excluding carboxylic acids is 1. The molecule has 0 bridgehead atoms. The standard InChI is InChI=1S/C9H13BrN2O3S2/c1-6-5-7(16-8(6)10)9(13)12-3-2-4-17(11,14)15/h5H,2-4H2,1H3,(H,12,13)(H2,11,14,15). The number of thiophene rings is 1. The lowest BCUT2D eigenvalue weighted by Gasteiger charge is -2.02. The van der Waals surface area contributed by atoms with E-state index in [-0.39, 0.29) is 11.7 Å². The molecule has 0 atom stereocenters. The van der Waals surface area contributed by atoms with Crippen molar-refractivity contribution < 1.29 is 13.2 Å². The van der Waals surface area contributed by atoms with Crippen LogP contribution in [0.4, 0.5) is 0 Å². The van der Waals surface area contributed by atoms with Crippen molar-refractivity contribution in [3.63, 3.8) is 0 Å². The highest BCUT2D eigenvalue weighted by molar-refractivity contribution is 9.11. The van der Waals surface area contributed by atoms with Crippen molar-refractivity contribution in [1.82, 2.24) is 5.32 Å². The molecular formula is C9H13BrN2O3S2. The Balaban J connectivity index is 2.40. The van der Waals surface area contributed by atoms with E-state index in [9.17, 15) is 13.2 Å². The van der Waals surface area contributed by atoms with Crippen molar-refractivity contribution in [2.75, 3.05) is 12.3 Å². The minimum Gasteiger partial charge on any atom is -0.351 e. The molecule has 0 spiro atoms. The summed E-state index contributed by atoms with van der Waals surface area (Å²) in [5, 5.41) is 7.48. The van der Waals surface area contributed by atoms with Crippen LogP contribution in [0.15, 0.2) is 9.85 Å². The van der Waals surface area contributed by atoms with Gasteiger partial charge in [-0.1, -0.05) is 0 Å². The minimum absolute atomic E-state index is 0.125. The fourth-order valence-electron chi connectivity index (χ4n) is 1.13. The third kappa shape index (κ3) is 5.15. The molecule has 0 fully saturated rings. The van der Waals surface area contributed by atoms with Crippen molar-refractivity contribution in [3.05, 3.63) is 20.3 Å². The van der Waals surface area contributed by atoms with Gasteiger partial charge in [-0.3, -0.25) is 4.79 Å². The molecule has 1 rings (SSSR count). The summed E-state index contributed by atoms with van der Waals surface area (Å²) in [6.07, 6.45) is 0.316. The van der Waals surface area contributed by atoms with E-state index in [4.69, 9.17) is 5.14 Å². The summed E-state index contributed by atoms with van der Waals surface area (Å²) in [5.74, 6) is -0.321. The molecule has 0 saturated carbocycles. The highest BCUT2D eigenvalue weighted by Gasteiger charge is 2.10. The van der Waals surface area contributed by atoms with E-state index >= 15 is 0 Å². The molecule has 0 radical (unpaired) electrons. The molecule has 0 aliphatic carbocycles. The van der Waals surface area contributed by atoms with Gasteiger partial charge < -0.3 is 5.32 Å². The predicted octanol–water partition coefficient (Wildman–Crippen LogP) is 1.23. The largest absolute Gasteiger partial charge is 0.351 e. The second-order valence-electron chi connectivity index (χ2n) is 3.54. The lowest BCUT2D eigenvalue weighted by Crippen LogP contribution is -2.26. The fraction of sp³-hybridized carbons (Fsp3) is 0.444. The van der Waals surface area contributed by atoms with E-state index in [2.05, 4.69) is 21.2 Å². The van der Waals surface area contributed by atoms with Crippen LogP contribution in [0.2, 0.25) is 0 Å². The maximum atomic E-state index is 11.6. The Morgan fingerprint density at radius 2 is 2.24 bits per heavy atom. The Kier molecular flexibility index (Phi) is 5.11. The SMILES string of the molecule is Cc1cc(C(=O)NCCCS(N)(=O)=O)sc1Br. The number of hydrogen-bond donors (Lipinski definition) is 2. The number of aryl methyl sites for hydroxylation is 1. The molecular weight excluding hydrogens is 328 g/mol. The van der Waals surface area contributed by atoms with Crippen molar-refractivity contribution in [2.24, 2.45) is 5.14 Å². The van der Waals surface area contributed by atoms with Crippen LogP contribution in [-0.4, -0.2) is 26.6 Å². The van der Waals surface area contributed by atoms with Gasteiger partial charge in [-0.05, 0) is 40.9 Å². The quantitative estimate of drug-likeness (QED) is 0.790. The zero-order valence-electron chi connectivity index (χ0n) is 9.20. The van der Waals surface area contributed by atoms with Crippen LogP contribution in [-0.2, 0) is 10.0 Å². The first-order valence-corrected chi connectivity index (χ1v) is 8.16. The lowest BCUT2D eigenvalue weighted by atomic mass is 10.3. The zero-order chi connectivity index (χ0) is 13.1. The smallest absolute Gasteiger partial charge is 0.261 e. The predicted molar refractivity (Wildman–Crippen MR) is 71.7 cm³/mol. The van der Waals surface area contributed by atoms with Crippen LogP contribution in [0.5, 0.6) is 0 Å². The number of nitrogens with one attached hydrogen (secondary N) is 1. The van der Waals surface area contributed by atoms with E-state index in [0.717, 1.165) is 9.35 Å². The second-order valence-corrected chi connectivity index (χ2v) is 7.65. The molecule has 17 heavy (non-hydrogen) atoms. The van der Waals surface area contributed by atoms with Crippen LogP contribution in [0.3, 0.4) is 0 Å². The molecule has 0 unspecified atom stereocenters. The van der Waals surface area contributed by atoms with Crippen LogP contribution < -0.4 is 10.5 Å². The van der Waals surface area contributed by atoms with Gasteiger partial charge in [0.05, 0.1) is 14.4 Å². The molecule has 1 heterocycles. The number of carbonyl (C=O) groups is 1.